The monoisotopic (exact) mass is 379 g/mol. The number of aliphatic imine (C=N–C) groups is 1. The molecule has 0 fully saturated rings. The molecule has 0 aliphatic heterocycles. The van der Waals surface area contributed by atoms with Crippen molar-refractivity contribution < 1.29 is 8.42 Å². The van der Waals surface area contributed by atoms with Gasteiger partial charge in [0.25, 0.3) is 0 Å². The maximum atomic E-state index is 12.4. The molecule has 0 saturated carbocycles. The van der Waals surface area contributed by atoms with Crippen molar-refractivity contribution in [2.45, 2.75) is 13.8 Å². The predicted molar refractivity (Wildman–Crippen MR) is 106 cm³/mol. The zero-order valence-electron chi connectivity index (χ0n) is 14.8. The fourth-order valence-electron chi connectivity index (χ4n) is 2.29. The van der Waals surface area contributed by atoms with Crippen molar-refractivity contribution in [3.05, 3.63) is 53.1 Å². The second kappa shape index (κ2) is 7.89. The minimum atomic E-state index is -3.52. The van der Waals surface area contributed by atoms with E-state index in [4.69, 9.17) is 11.6 Å². The lowest BCUT2D eigenvalue weighted by atomic mass is 10.1. The first-order chi connectivity index (χ1) is 11.7. The third-order valence-corrected chi connectivity index (χ3v) is 5.07. The van der Waals surface area contributed by atoms with Gasteiger partial charge in [-0.25, -0.2) is 17.7 Å². The van der Waals surface area contributed by atoms with Crippen LogP contribution in [0.15, 0.2) is 47.5 Å². The highest BCUT2D eigenvalue weighted by Gasteiger charge is 2.22. The molecule has 0 unspecified atom stereocenters. The summed E-state index contributed by atoms with van der Waals surface area (Å²) in [6.07, 6.45) is 2.88. The number of benzene rings is 2. The van der Waals surface area contributed by atoms with E-state index in [0.29, 0.717) is 22.1 Å². The Morgan fingerprint density at radius 2 is 1.84 bits per heavy atom. The summed E-state index contributed by atoms with van der Waals surface area (Å²) in [5, 5.41) is 0.394. The van der Waals surface area contributed by atoms with E-state index in [2.05, 4.69) is 4.99 Å². The molecule has 25 heavy (non-hydrogen) atoms. The molecular formula is C18H22ClN3O2S. The highest BCUT2D eigenvalue weighted by molar-refractivity contribution is 7.92. The molecule has 0 atom stereocenters. The van der Waals surface area contributed by atoms with Crippen molar-refractivity contribution in [1.82, 2.24) is 4.90 Å². The van der Waals surface area contributed by atoms with Gasteiger partial charge in [0.1, 0.15) is 0 Å². The Balaban J connectivity index is 2.54. The van der Waals surface area contributed by atoms with E-state index < -0.39 is 10.0 Å². The highest BCUT2D eigenvalue weighted by atomic mass is 35.5. The molecule has 0 N–H and O–H groups in total. The number of halogens is 1. The van der Waals surface area contributed by atoms with Gasteiger partial charge in [0.05, 0.1) is 34.7 Å². The summed E-state index contributed by atoms with van der Waals surface area (Å²) in [7, 11) is -1.61. The molecule has 0 aliphatic carbocycles. The number of rotatable bonds is 6. The van der Waals surface area contributed by atoms with E-state index in [1.54, 1.807) is 42.7 Å². The summed E-state index contributed by atoms with van der Waals surface area (Å²) in [4.78, 5) is 6.30. The van der Waals surface area contributed by atoms with Gasteiger partial charge in [0.15, 0.2) is 0 Å². The number of hydrogen-bond donors (Lipinski definition) is 0. The molecule has 0 heterocycles. The fourth-order valence-corrected chi connectivity index (χ4v) is 3.55. The molecule has 0 spiro atoms. The zero-order valence-corrected chi connectivity index (χ0v) is 16.3. The van der Waals surface area contributed by atoms with Crippen LogP contribution in [0.2, 0.25) is 5.02 Å². The molecular weight excluding hydrogens is 358 g/mol. The van der Waals surface area contributed by atoms with Gasteiger partial charge in [-0.15, -0.1) is 0 Å². The lowest BCUT2D eigenvalue weighted by molar-refractivity contribution is 0.552. The van der Waals surface area contributed by atoms with Gasteiger partial charge in [-0.2, -0.15) is 0 Å². The minimum Gasteiger partial charge on any atom is -0.366 e. The second-order valence-corrected chi connectivity index (χ2v) is 8.01. The lowest BCUT2D eigenvalue weighted by Gasteiger charge is -2.24. The zero-order chi connectivity index (χ0) is 18.6. The van der Waals surface area contributed by atoms with E-state index in [1.807, 2.05) is 31.9 Å². The van der Waals surface area contributed by atoms with Crippen LogP contribution < -0.4 is 4.31 Å². The third-order valence-electron chi connectivity index (χ3n) is 3.70. The number of nitrogens with zero attached hydrogens (tertiary/aromatic N) is 3. The van der Waals surface area contributed by atoms with Gasteiger partial charge >= 0.3 is 0 Å². The standard InChI is InChI=1S/C18H22ClN3O2S/c1-5-21(3)13-20-17-11-14(2)18(12-16(17)19)22(25(4,23)24)15-9-7-6-8-10-15/h6-13H,5H2,1-4H3. The molecule has 134 valence electrons. The van der Waals surface area contributed by atoms with Crippen molar-refractivity contribution in [2.24, 2.45) is 4.99 Å². The quantitative estimate of drug-likeness (QED) is 0.553. The van der Waals surface area contributed by atoms with Gasteiger partial charge in [-0.1, -0.05) is 29.8 Å². The van der Waals surface area contributed by atoms with Gasteiger partial charge in [-0.3, -0.25) is 0 Å². The van der Waals surface area contributed by atoms with Crippen LogP contribution in [0.4, 0.5) is 17.1 Å². The fraction of sp³-hybridized carbons (Fsp3) is 0.278. The highest BCUT2D eigenvalue weighted by Crippen LogP contribution is 2.37. The normalized spacial score (nSPS) is 11.7. The summed E-state index contributed by atoms with van der Waals surface area (Å²) in [5.74, 6) is 0. The van der Waals surface area contributed by atoms with Crippen LogP contribution in [0.25, 0.3) is 0 Å². The van der Waals surface area contributed by atoms with Crippen molar-refractivity contribution in [1.29, 1.82) is 0 Å². The van der Waals surface area contributed by atoms with E-state index in [1.165, 1.54) is 10.6 Å². The molecule has 2 rings (SSSR count). The van der Waals surface area contributed by atoms with Gasteiger partial charge in [0.2, 0.25) is 10.0 Å². The Hall–Kier alpha value is -2.05. The first-order valence-electron chi connectivity index (χ1n) is 7.84. The Kier molecular flexibility index (Phi) is 6.08. The van der Waals surface area contributed by atoms with Crippen LogP contribution in [0.3, 0.4) is 0 Å². The topological polar surface area (TPSA) is 53.0 Å². The maximum absolute atomic E-state index is 12.4. The first-order valence-corrected chi connectivity index (χ1v) is 10.1. The van der Waals surface area contributed by atoms with Crippen LogP contribution in [-0.4, -0.2) is 39.5 Å². The third kappa shape index (κ3) is 4.74. The molecule has 0 amide bonds. The smallest absolute Gasteiger partial charge is 0.236 e. The molecule has 0 aromatic heterocycles. The second-order valence-electron chi connectivity index (χ2n) is 5.77. The van der Waals surface area contributed by atoms with Crippen molar-refractivity contribution >= 4 is 45.0 Å². The summed E-state index contributed by atoms with van der Waals surface area (Å²) in [5.41, 5.74) is 2.45. The number of anilines is 2. The summed E-state index contributed by atoms with van der Waals surface area (Å²) >= 11 is 6.36. The predicted octanol–water partition coefficient (Wildman–Crippen LogP) is 4.36. The van der Waals surface area contributed by atoms with E-state index in [-0.39, 0.29) is 0 Å². The van der Waals surface area contributed by atoms with E-state index in [9.17, 15) is 8.42 Å². The number of sulfonamides is 1. The summed E-state index contributed by atoms with van der Waals surface area (Å²) in [6.45, 7) is 4.69. The number of hydrogen-bond acceptors (Lipinski definition) is 3. The molecule has 7 heteroatoms. The van der Waals surface area contributed by atoms with Gasteiger partial charge < -0.3 is 4.90 Å². The largest absolute Gasteiger partial charge is 0.366 e. The van der Waals surface area contributed by atoms with Crippen LogP contribution in [0.1, 0.15) is 12.5 Å². The molecule has 0 bridgehead atoms. The Bertz CT molecular complexity index is 867. The summed E-state index contributed by atoms with van der Waals surface area (Å²) < 4.78 is 26.1. The molecule has 2 aromatic rings. The molecule has 0 radical (unpaired) electrons. The van der Waals surface area contributed by atoms with Gasteiger partial charge in [0, 0.05) is 13.6 Å². The van der Waals surface area contributed by atoms with E-state index in [0.717, 1.165) is 12.1 Å². The molecule has 5 nitrogen and oxygen atoms in total. The van der Waals surface area contributed by atoms with Crippen molar-refractivity contribution in [3.8, 4) is 0 Å². The van der Waals surface area contributed by atoms with Crippen LogP contribution >= 0.6 is 11.6 Å². The Morgan fingerprint density at radius 1 is 1.20 bits per heavy atom. The lowest BCUT2D eigenvalue weighted by Crippen LogP contribution is -2.25. The average molecular weight is 380 g/mol. The number of aryl methyl sites for hydroxylation is 1. The Labute approximate surface area is 154 Å². The minimum absolute atomic E-state index is 0.394. The van der Waals surface area contributed by atoms with Crippen LogP contribution in [-0.2, 0) is 10.0 Å². The Morgan fingerprint density at radius 3 is 2.40 bits per heavy atom. The van der Waals surface area contributed by atoms with Crippen molar-refractivity contribution in [2.75, 3.05) is 24.2 Å². The molecule has 0 aliphatic rings. The summed E-state index contributed by atoms with van der Waals surface area (Å²) in [6, 6.07) is 12.4. The van der Waals surface area contributed by atoms with Crippen LogP contribution in [0.5, 0.6) is 0 Å². The number of para-hydroxylation sites is 1. The molecule has 0 saturated heterocycles. The molecule has 2 aromatic carbocycles. The van der Waals surface area contributed by atoms with E-state index >= 15 is 0 Å². The maximum Gasteiger partial charge on any atom is 0.236 e. The SMILES string of the molecule is CCN(C)C=Nc1cc(C)c(N(c2ccccc2)S(C)(=O)=O)cc1Cl. The first kappa shape index (κ1) is 19.3. The van der Waals surface area contributed by atoms with Gasteiger partial charge in [-0.05, 0) is 43.7 Å². The van der Waals surface area contributed by atoms with Crippen LogP contribution in [0, 0.1) is 6.92 Å². The average Bonchev–Trinajstić information content (AvgIpc) is 2.56. The van der Waals surface area contributed by atoms with Crippen molar-refractivity contribution in [3.63, 3.8) is 0 Å².